The highest BCUT2D eigenvalue weighted by atomic mass is 79.9. The van der Waals surface area contributed by atoms with E-state index in [1.54, 1.807) is 6.20 Å². The van der Waals surface area contributed by atoms with Crippen LogP contribution in [0.5, 0.6) is 0 Å². The topological polar surface area (TPSA) is 68.8 Å². The van der Waals surface area contributed by atoms with E-state index in [4.69, 9.17) is 5.73 Å². The molecule has 0 aliphatic carbocycles. The maximum atomic E-state index is 5.87. The van der Waals surface area contributed by atoms with Crippen LogP contribution in [0.2, 0.25) is 0 Å². The van der Waals surface area contributed by atoms with Crippen LogP contribution in [0, 0.1) is 13.8 Å². The molecule has 2 aromatic heterocycles. The van der Waals surface area contributed by atoms with Crippen LogP contribution in [-0.4, -0.2) is 21.3 Å². The van der Waals surface area contributed by atoms with Crippen molar-refractivity contribution in [1.29, 1.82) is 0 Å². The molecule has 0 saturated carbocycles. The minimum Gasteiger partial charge on any atom is -0.396 e. The molecule has 2 rings (SSSR count). The average Bonchev–Trinajstić information content (AvgIpc) is 2.65. The van der Waals surface area contributed by atoms with Crippen LogP contribution >= 0.6 is 15.9 Å². The van der Waals surface area contributed by atoms with Crippen molar-refractivity contribution in [2.75, 3.05) is 17.6 Å². The molecule has 0 aliphatic rings. The lowest BCUT2D eigenvalue weighted by Crippen LogP contribution is -2.10. The van der Waals surface area contributed by atoms with Crippen molar-refractivity contribution in [3.8, 4) is 0 Å². The summed E-state index contributed by atoms with van der Waals surface area (Å²) in [6.45, 7) is 5.79. The highest BCUT2D eigenvalue weighted by Crippen LogP contribution is 2.19. The Hall–Kier alpha value is -1.56. The Bertz CT molecular complexity index is 564. The Kier molecular flexibility index (Phi) is 4.42. The molecule has 0 aromatic carbocycles. The molecule has 5 nitrogen and oxygen atoms in total. The maximum Gasteiger partial charge on any atom is 0.149 e. The van der Waals surface area contributed by atoms with Crippen LogP contribution in [0.3, 0.4) is 0 Å². The van der Waals surface area contributed by atoms with E-state index in [0.29, 0.717) is 5.69 Å². The zero-order chi connectivity index (χ0) is 13.8. The predicted molar refractivity (Wildman–Crippen MR) is 81.2 cm³/mol. The van der Waals surface area contributed by atoms with Gasteiger partial charge in [-0.25, -0.2) is 4.98 Å². The van der Waals surface area contributed by atoms with E-state index in [2.05, 4.69) is 44.3 Å². The minimum absolute atomic E-state index is 0.653. The van der Waals surface area contributed by atoms with Gasteiger partial charge in [0.2, 0.25) is 0 Å². The fraction of sp³-hybridized carbons (Fsp3) is 0.385. The van der Waals surface area contributed by atoms with Gasteiger partial charge in [0.1, 0.15) is 5.82 Å². The molecule has 0 unspecified atom stereocenters. The summed E-state index contributed by atoms with van der Waals surface area (Å²) in [6, 6.07) is 3.93. The summed E-state index contributed by atoms with van der Waals surface area (Å²) in [5.74, 6) is 0.733. The first-order chi connectivity index (χ1) is 9.06. The summed E-state index contributed by atoms with van der Waals surface area (Å²) in [5.41, 5.74) is 8.78. The average molecular weight is 324 g/mol. The zero-order valence-corrected chi connectivity index (χ0v) is 12.7. The van der Waals surface area contributed by atoms with Crippen molar-refractivity contribution in [2.24, 2.45) is 0 Å². The highest BCUT2D eigenvalue weighted by molar-refractivity contribution is 9.10. The Morgan fingerprint density at radius 2 is 2.16 bits per heavy atom. The number of nitrogens with zero attached hydrogens (tertiary/aromatic N) is 3. The Morgan fingerprint density at radius 1 is 1.37 bits per heavy atom. The first kappa shape index (κ1) is 13.9. The summed E-state index contributed by atoms with van der Waals surface area (Å²) in [7, 11) is 0. The third-order valence-corrected chi connectivity index (χ3v) is 3.26. The van der Waals surface area contributed by atoms with Crippen molar-refractivity contribution in [1.82, 2.24) is 14.8 Å². The van der Waals surface area contributed by atoms with Gasteiger partial charge in [0.15, 0.2) is 0 Å². The second-order valence-electron chi connectivity index (χ2n) is 4.52. The summed E-state index contributed by atoms with van der Waals surface area (Å²) in [6.07, 6.45) is 2.71. The van der Waals surface area contributed by atoms with Gasteiger partial charge in [0, 0.05) is 29.5 Å². The number of aryl methyl sites for hydroxylation is 3. The summed E-state index contributed by atoms with van der Waals surface area (Å²) in [5, 5.41) is 7.66. The number of hydrogen-bond acceptors (Lipinski definition) is 4. The molecule has 0 bridgehead atoms. The van der Waals surface area contributed by atoms with Gasteiger partial charge < -0.3 is 11.1 Å². The lowest BCUT2D eigenvalue weighted by Gasteiger charge is -2.09. The number of hydrogen-bond donors (Lipinski definition) is 2. The number of anilines is 2. The lowest BCUT2D eigenvalue weighted by molar-refractivity contribution is 0.573. The van der Waals surface area contributed by atoms with Gasteiger partial charge in [-0.2, -0.15) is 5.10 Å². The quantitative estimate of drug-likeness (QED) is 0.830. The maximum absolute atomic E-state index is 5.87. The lowest BCUT2D eigenvalue weighted by atomic mass is 10.3. The molecule has 6 heteroatoms. The van der Waals surface area contributed by atoms with E-state index in [9.17, 15) is 0 Å². The van der Waals surface area contributed by atoms with Crippen molar-refractivity contribution in [3.05, 3.63) is 34.2 Å². The predicted octanol–water partition coefficient (Wildman–Crippen LogP) is 2.74. The van der Waals surface area contributed by atoms with E-state index in [1.807, 2.05) is 17.7 Å². The summed E-state index contributed by atoms with van der Waals surface area (Å²) < 4.78 is 2.91. The molecule has 0 radical (unpaired) electrons. The molecule has 102 valence electrons. The molecule has 0 saturated heterocycles. The fourth-order valence-corrected chi connectivity index (χ4v) is 2.29. The van der Waals surface area contributed by atoms with Gasteiger partial charge in [-0.15, -0.1) is 0 Å². The molecule has 3 N–H and O–H groups in total. The summed E-state index contributed by atoms with van der Waals surface area (Å²) >= 11 is 3.34. The van der Waals surface area contributed by atoms with E-state index in [-0.39, 0.29) is 0 Å². The molecule has 0 fully saturated rings. The van der Waals surface area contributed by atoms with E-state index in [0.717, 1.165) is 35.5 Å². The Morgan fingerprint density at radius 3 is 2.79 bits per heavy atom. The normalized spacial score (nSPS) is 10.7. The van der Waals surface area contributed by atoms with Gasteiger partial charge in [-0.3, -0.25) is 4.68 Å². The molecule has 0 amide bonds. The van der Waals surface area contributed by atoms with Crippen LogP contribution in [0.25, 0.3) is 0 Å². The van der Waals surface area contributed by atoms with Gasteiger partial charge >= 0.3 is 0 Å². The van der Waals surface area contributed by atoms with Crippen molar-refractivity contribution in [2.45, 2.75) is 26.8 Å². The first-order valence-electron chi connectivity index (χ1n) is 6.22. The standard InChI is InChI=1S/C13H18BrN5/c1-9-6-10(2)19(18-9)5-3-4-16-13-12(15)7-11(14)8-17-13/h6-8H,3-5,15H2,1-2H3,(H,16,17). The van der Waals surface area contributed by atoms with E-state index < -0.39 is 0 Å². The number of rotatable bonds is 5. The third-order valence-electron chi connectivity index (χ3n) is 2.83. The number of nitrogens with two attached hydrogens (primary N) is 1. The molecule has 2 aromatic rings. The number of nitrogen functional groups attached to an aromatic ring is 1. The molecular formula is C13H18BrN5. The van der Waals surface area contributed by atoms with Crippen molar-refractivity contribution < 1.29 is 0 Å². The van der Waals surface area contributed by atoms with Gasteiger partial charge in [-0.05, 0) is 48.3 Å². The number of nitrogens with one attached hydrogen (secondary N) is 1. The van der Waals surface area contributed by atoms with Gasteiger partial charge in [0.25, 0.3) is 0 Å². The fourth-order valence-electron chi connectivity index (χ4n) is 1.94. The Balaban J connectivity index is 1.82. The van der Waals surface area contributed by atoms with Gasteiger partial charge in [0.05, 0.1) is 11.4 Å². The van der Waals surface area contributed by atoms with Crippen LogP contribution in [-0.2, 0) is 6.54 Å². The molecule has 0 spiro atoms. The largest absolute Gasteiger partial charge is 0.396 e. The highest BCUT2D eigenvalue weighted by Gasteiger charge is 2.02. The van der Waals surface area contributed by atoms with Gasteiger partial charge in [-0.1, -0.05) is 0 Å². The van der Waals surface area contributed by atoms with E-state index >= 15 is 0 Å². The molecule has 0 aliphatic heterocycles. The number of pyridine rings is 1. The minimum atomic E-state index is 0.653. The van der Waals surface area contributed by atoms with Crippen LogP contribution in [0.15, 0.2) is 22.8 Å². The van der Waals surface area contributed by atoms with Crippen LogP contribution in [0.1, 0.15) is 17.8 Å². The monoisotopic (exact) mass is 323 g/mol. The molecular weight excluding hydrogens is 306 g/mol. The van der Waals surface area contributed by atoms with Crippen molar-refractivity contribution >= 4 is 27.4 Å². The van der Waals surface area contributed by atoms with E-state index in [1.165, 1.54) is 5.69 Å². The van der Waals surface area contributed by atoms with Crippen LogP contribution < -0.4 is 11.1 Å². The third kappa shape index (κ3) is 3.70. The van der Waals surface area contributed by atoms with Crippen LogP contribution in [0.4, 0.5) is 11.5 Å². The second kappa shape index (κ2) is 6.06. The zero-order valence-electron chi connectivity index (χ0n) is 11.2. The molecule has 0 atom stereocenters. The van der Waals surface area contributed by atoms with Crippen molar-refractivity contribution in [3.63, 3.8) is 0 Å². The second-order valence-corrected chi connectivity index (χ2v) is 5.44. The molecule has 2 heterocycles. The SMILES string of the molecule is Cc1cc(C)n(CCCNc2ncc(Br)cc2N)n1. The summed E-state index contributed by atoms with van der Waals surface area (Å²) in [4.78, 5) is 4.24. The smallest absolute Gasteiger partial charge is 0.149 e. The molecule has 19 heavy (non-hydrogen) atoms. The number of aromatic nitrogens is 3. The first-order valence-corrected chi connectivity index (χ1v) is 7.01. The number of halogens is 1. The Labute approximate surface area is 121 Å².